The Kier molecular flexibility index (Phi) is 8.36. The van der Waals surface area contributed by atoms with Gasteiger partial charge in [0.1, 0.15) is 0 Å². The molecule has 1 atom stereocenters. The van der Waals surface area contributed by atoms with Crippen molar-refractivity contribution in [3.05, 3.63) is 0 Å². The third-order valence-corrected chi connectivity index (χ3v) is 2.38. The molecule has 3 nitrogen and oxygen atoms in total. The summed E-state index contributed by atoms with van der Waals surface area (Å²) in [7, 11) is -2.20. The van der Waals surface area contributed by atoms with Crippen LogP contribution in [-0.4, -0.2) is 17.6 Å². The molecule has 0 saturated carbocycles. The SMILES string of the molecule is NCCCCCCC[PH](=O)O. The Balaban J connectivity index is 2.85. The van der Waals surface area contributed by atoms with Crippen molar-refractivity contribution in [2.24, 2.45) is 5.73 Å². The highest BCUT2D eigenvalue weighted by Gasteiger charge is 1.93. The van der Waals surface area contributed by atoms with Crippen LogP contribution in [0.25, 0.3) is 0 Å². The van der Waals surface area contributed by atoms with Crippen LogP contribution in [0.15, 0.2) is 0 Å². The van der Waals surface area contributed by atoms with Crippen LogP contribution in [0.5, 0.6) is 0 Å². The lowest BCUT2D eigenvalue weighted by Crippen LogP contribution is -1.97. The topological polar surface area (TPSA) is 63.3 Å². The van der Waals surface area contributed by atoms with E-state index in [2.05, 4.69) is 0 Å². The van der Waals surface area contributed by atoms with Gasteiger partial charge in [-0.1, -0.05) is 19.3 Å². The predicted molar refractivity (Wildman–Crippen MR) is 48.2 cm³/mol. The molecule has 11 heavy (non-hydrogen) atoms. The largest absolute Gasteiger partial charge is 0.346 e. The minimum Gasteiger partial charge on any atom is -0.346 e. The van der Waals surface area contributed by atoms with E-state index in [0.717, 1.165) is 38.6 Å². The fourth-order valence-electron chi connectivity index (χ4n) is 0.951. The molecule has 0 aromatic rings. The average Bonchev–Trinajstić information content (AvgIpc) is 1.96. The van der Waals surface area contributed by atoms with Crippen LogP contribution in [0.2, 0.25) is 0 Å². The number of hydrogen-bond acceptors (Lipinski definition) is 2. The van der Waals surface area contributed by atoms with E-state index in [1.807, 2.05) is 0 Å². The summed E-state index contributed by atoms with van der Waals surface area (Å²) in [5, 5.41) is 0. The second-order valence-electron chi connectivity index (χ2n) is 2.70. The van der Waals surface area contributed by atoms with Gasteiger partial charge >= 0.3 is 0 Å². The molecule has 0 radical (unpaired) electrons. The highest BCUT2D eigenvalue weighted by atomic mass is 31.1. The van der Waals surface area contributed by atoms with E-state index in [1.165, 1.54) is 0 Å². The third kappa shape index (κ3) is 10.2. The van der Waals surface area contributed by atoms with E-state index in [0.29, 0.717) is 6.16 Å². The number of nitrogens with two attached hydrogens (primary N) is 1. The van der Waals surface area contributed by atoms with Gasteiger partial charge < -0.3 is 10.6 Å². The van der Waals surface area contributed by atoms with Crippen LogP contribution in [-0.2, 0) is 4.57 Å². The fraction of sp³-hybridized carbons (Fsp3) is 1.00. The Labute approximate surface area is 68.9 Å². The molecular formula is C7H18NO2P. The Morgan fingerprint density at radius 2 is 1.64 bits per heavy atom. The van der Waals surface area contributed by atoms with Gasteiger partial charge in [0, 0.05) is 6.16 Å². The van der Waals surface area contributed by atoms with Crippen LogP contribution < -0.4 is 5.73 Å². The van der Waals surface area contributed by atoms with Crippen molar-refractivity contribution in [3.63, 3.8) is 0 Å². The fourth-order valence-corrected chi connectivity index (χ4v) is 1.50. The molecule has 3 N–H and O–H groups in total. The highest BCUT2D eigenvalue weighted by Crippen LogP contribution is 2.16. The smallest absolute Gasteiger partial charge is 0.189 e. The zero-order chi connectivity index (χ0) is 8.53. The molecule has 1 unspecified atom stereocenters. The highest BCUT2D eigenvalue weighted by molar-refractivity contribution is 7.37. The minimum absolute atomic E-state index is 0.493. The maximum atomic E-state index is 10.3. The number of unbranched alkanes of at least 4 members (excludes halogenated alkanes) is 4. The quantitative estimate of drug-likeness (QED) is 0.458. The first kappa shape index (κ1) is 11.2. The van der Waals surface area contributed by atoms with Gasteiger partial charge in [0.25, 0.3) is 0 Å². The molecule has 0 aliphatic heterocycles. The van der Waals surface area contributed by atoms with Crippen LogP contribution >= 0.6 is 8.03 Å². The molecule has 4 heteroatoms. The van der Waals surface area contributed by atoms with Crippen LogP contribution in [0.4, 0.5) is 0 Å². The molecule has 0 spiro atoms. The lowest BCUT2D eigenvalue weighted by Gasteiger charge is -1.97. The Hall–Kier alpha value is 0.150. The molecule has 0 bridgehead atoms. The van der Waals surface area contributed by atoms with Gasteiger partial charge in [-0.2, -0.15) is 0 Å². The first-order chi connectivity index (χ1) is 5.27. The van der Waals surface area contributed by atoms with Gasteiger partial charge in [0.15, 0.2) is 8.03 Å². The van der Waals surface area contributed by atoms with Crippen LogP contribution in [0.3, 0.4) is 0 Å². The molecule has 0 aliphatic rings. The van der Waals surface area contributed by atoms with Gasteiger partial charge in [-0.15, -0.1) is 0 Å². The first-order valence-electron chi connectivity index (χ1n) is 4.19. The van der Waals surface area contributed by atoms with Crippen molar-refractivity contribution in [1.82, 2.24) is 0 Å². The van der Waals surface area contributed by atoms with Gasteiger partial charge in [0.05, 0.1) is 0 Å². The van der Waals surface area contributed by atoms with E-state index < -0.39 is 8.03 Å². The van der Waals surface area contributed by atoms with E-state index in [1.54, 1.807) is 0 Å². The zero-order valence-corrected chi connectivity index (χ0v) is 7.88. The first-order valence-corrected chi connectivity index (χ1v) is 5.75. The molecule has 0 saturated heterocycles. The van der Waals surface area contributed by atoms with Crippen LogP contribution in [0, 0.1) is 0 Å². The number of rotatable bonds is 7. The van der Waals surface area contributed by atoms with Crippen molar-refractivity contribution in [1.29, 1.82) is 0 Å². The maximum Gasteiger partial charge on any atom is 0.189 e. The molecule has 0 aromatic carbocycles. The summed E-state index contributed by atoms with van der Waals surface area (Å²) in [6.07, 6.45) is 5.83. The molecule has 0 aromatic heterocycles. The second kappa shape index (κ2) is 8.25. The lowest BCUT2D eigenvalue weighted by molar-refractivity contribution is 0.499. The third-order valence-electron chi connectivity index (χ3n) is 1.59. The van der Waals surface area contributed by atoms with Gasteiger partial charge in [-0.3, -0.25) is 4.57 Å². The molecule has 0 aliphatic carbocycles. The summed E-state index contributed by atoms with van der Waals surface area (Å²) in [4.78, 5) is 8.48. The predicted octanol–water partition coefficient (Wildman–Crippen LogP) is 1.36. The van der Waals surface area contributed by atoms with Crippen molar-refractivity contribution in [2.45, 2.75) is 32.1 Å². The maximum absolute atomic E-state index is 10.3. The van der Waals surface area contributed by atoms with E-state index in [9.17, 15) is 4.57 Å². The zero-order valence-electron chi connectivity index (χ0n) is 6.88. The van der Waals surface area contributed by atoms with Gasteiger partial charge in [0.2, 0.25) is 0 Å². The van der Waals surface area contributed by atoms with Gasteiger partial charge in [-0.25, -0.2) is 0 Å². The van der Waals surface area contributed by atoms with Gasteiger partial charge in [-0.05, 0) is 19.4 Å². The van der Waals surface area contributed by atoms with Crippen LogP contribution in [0.1, 0.15) is 32.1 Å². The van der Waals surface area contributed by atoms with E-state index >= 15 is 0 Å². The normalized spacial score (nSPS) is 13.3. The van der Waals surface area contributed by atoms with Crippen molar-refractivity contribution in [2.75, 3.05) is 12.7 Å². The van der Waals surface area contributed by atoms with Crippen molar-refractivity contribution < 1.29 is 9.46 Å². The monoisotopic (exact) mass is 179 g/mol. The summed E-state index contributed by atoms with van der Waals surface area (Å²) in [5.74, 6) is 0. The summed E-state index contributed by atoms with van der Waals surface area (Å²) in [6.45, 7) is 0.761. The minimum atomic E-state index is -2.20. The summed E-state index contributed by atoms with van der Waals surface area (Å²) in [5.41, 5.74) is 5.31. The molecule has 0 rings (SSSR count). The molecule has 0 heterocycles. The second-order valence-corrected chi connectivity index (χ2v) is 3.99. The lowest BCUT2D eigenvalue weighted by atomic mass is 10.2. The van der Waals surface area contributed by atoms with E-state index in [-0.39, 0.29) is 0 Å². The standard InChI is InChI=1S/C7H18NO2P/c8-6-4-2-1-3-5-7-11(9)10/h11H,1-8H2,(H,9,10). The Morgan fingerprint density at radius 1 is 1.09 bits per heavy atom. The number of hydrogen-bond donors (Lipinski definition) is 2. The summed E-state index contributed by atoms with van der Waals surface area (Å²) in [6, 6.07) is 0. The molecule has 0 amide bonds. The Morgan fingerprint density at radius 3 is 2.18 bits per heavy atom. The van der Waals surface area contributed by atoms with Crippen molar-refractivity contribution in [3.8, 4) is 0 Å². The summed E-state index contributed by atoms with van der Waals surface area (Å²) < 4.78 is 10.3. The molecular weight excluding hydrogens is 161 g/mol. The average molecular weight is 179 g/mol. The summed E-state index contributed by atoms with van der Waals surface area (Å²) >= 11 is 0. The van der Waals surface area contributed by atoms with Crippen molar-refractivity contribution >= 4 is 8.03 Å². The van der Waals surface area contributed by atoms with E-state index in [4.69, 9.17) is 10.6 Å². The molecule has 0 fully saturated rings. The Bertz CT molecular complexity index is 109. The molecule has 68 valence electrons.